The largest absolute Gasteiger partial charge is 0.756 e. The lowest BCUT2D eigenvalue weighted by molar-refractivity contribution is -0.250. The van der Waals surface area contributed by atoms with E-state index in [0.29, 0.717) is 0 Å². The van der Waals surface area contributed by atoms with Gasteiger partial charge in [0.15, 0.2) is 16.8 Å². The number of carbonyl (C=O) groups is 2. The van der Waals surface area contributed by atoms with Gasteiger partial charge in [0.1, 0.15) is 42.1 Å². The maximum absolute atomic E-state index is 12.4. The molecule has 46 heavy (non-hydrogen) atoms. The molecule has 28 heteroatoms. The number of aromatic amines is 1. The zero-order valence-corrected chi connectivity index (χ0v) is 26.8. The number of nitrogen functional groups attached to an aromatic ring is 1. The highest BCUT2D eigenvalue weighted by atomic mass is 32.1. The molecule has 1 aliphatic heterocycles. The van der Waals surface area contributed by atoms with Crippen molar-refractivity contribution in [1.82, 2.24) is 30.2 Å². The minimum Gasteiger partial charge on any atom is -0.756 e. The first-order chi connectivity index (χ1) is 21.2. The van der Waals surface area contributed by atoms with Crippen LogP contribution < -0.4 is 36.8 Å². The minimum absolute atomic E-state index is 0.0269. The first-order valence-electron chi connectivity index (χ1n) is 12.6. The lowest BCUT2D eigenvalue weighted by atomic mass is 10.1. The number of carbonyl (C=O) groups excluding carboxylic acids is 2. The summed E-state index contributed by atoms with van der Waals surface area (Å²) in [6.07, 6.45) is -6.28. The van der Waals surface area contributed by atoms with Crippen LogP contribution in [0.5, 0.6) is 0 Å². The number of rotatable bonds is 16. The predicted molar refractivity (Wildman–Crippen MR) is 146 cm³/mol. The van der Waals surface area contributed by atoms with E-state index < -0.39 is 85.2 Å². The van der Waals surface area contributed by atoms with Crippen LogP contribution in [0.3, 0.4) is 0 Å². The van der Waals surface area contributed by atoms with Gasteiger partial charge in [-0.25, -0.2) is 18.6 Å². The maximum Gasteiger partial charge on any atom is 0.280 e. The molecule has 2 aromatic rings. The smallest absolute Gasteiger partial charge is 0.280 e. The highest BCUT2D eigenvalue weighted by Gasteiger charge is 2.47. The lowest BCUT2D eigenvalue weighted by Crippen LogP contribution is -2.49. The summed E-state index contributed by atoms with van der Waals surface area (Å²) in [5.74, 6) is -1.55. The monoisotopic (exact) mass is 737 g/mol. The summed E-state index contributed by atoms with van der Waals surface area (Å²) in [5, 5.41) is 25.1. The third kappa shape index (κ3) is 10.6. The van der Waals surface area contributed by atoms with E-state index in [4.69, 9.17) is 38.1 Å². The molecule has 1 aliphatic rings. The Morgan fingerprint density at radius 1 is 1.22 bits per heavy atom. The molecule has 10 N–H and O–H groups in total. The van der Waals surface area contributed by atoms with Crippen LogP contribution in [0, 0.1) is 4.64 Å². The van der Waals surface area contributed by atoms with E-state index in [1.165, 1.54) is 17.8 Å². The molecule has 0 spiro atoms. The number of phosphoric acid groups is 3. The van der Waals surface area contributed by atoms with Crippen molar-refractivity contribution >= 4 is 64.6 Å². The van der Waals surface area contributed by atoms with Crippen molar-refractivity contribution in [2.24, 2.45) is 5.73 Å². The molecule has 9 atom stereocenters. The minimum atomic E-state index is -6.19. The molecule has 2 amide bonds. The summed E-state index contributed by atoms with van der Waals surface area (Å²) >= 11 is 5.12. The normalized spacial score (nSPS) is 25.2. The molecule has 6 unspecified atom stereocenters. The maximum atomic E-state index is 12.4. The fourth-order valence-corrected chi connectivity index (χ4v) is 6.95. The number of phosphoric ester groups is 1. The number of hydrogen-bond acceptors (Lipinski definition) is 20. The highest BCUT2D eigenvalue weighted by molar-refractivity contribution is 7.71. The van der Waals surface area contributed by atoms with Crippen molar-refractivity contribution in [3.63, 3.8) is 0 Å². The number of aliphatic hydroxyl groups excluding tert-OH is 2. The van der Waals surface area contributed by atoms with E-state index in [2.05, 4.69) is 38.7 Å². The van der Waals surface area contributed by atoms with E-state index in [0.717, 1.165) is 0 Å². The third-order valence-corrected chi connectivity index (χ3v) is 9.80. The number of nitrogens with two attached hydrogens (primary N) is 2. The predicted octanol–water partition coefficient (Wildman–Crippen LogP) is -4.90. The number of ether oxygens (including phenoxy) is 2. The van der Waals surface area contributed by atoms with E-state index in [1.54, 1.807) is 0 Å². The molecule has 2 aromatic heterocycles. The van der Waals surface area contributed by atoms with Crippen LogP contribution in [0.25, 0.3) is 11.2 Å². The van der Waals surface area contributed by atoms with Crippen molar-refractivity contribution in [3.05, 3.63) is 11.0 Å². The van der Waals surface area contributed by atoms with Crippen molar-refractivity contribution < 1.29 is 75.7 Å². The second kappa shape index (κ2) is 15.3. The average molecular weight is 737 g/mol. The third-order valence-electron chi connectivity index (χ3n) is 5.83. The Hall–Kier alpha value is -2.28. The van der Waals surface area contributed by atoms with Gasteiger partial charge < -0.3 is 70.9 Å². The van der Waals surface area contributed by atoms with Crippen LogP contribution in [-0.2, 0) is 45.9 Å². The number of aliphatic hydroxyl groups is 2. The number of fused-ring (bicyclic) bond motifs is 1. The molecule has 0 saturated carbocycles. The van der Waals surface area contributed by atoms with Crippen molar-refractivity contribution in [3.8, 4) is 0 Å². The number of nitrogens with zero attached hydrogens (tertiary/aromatic N) is 3. The second-order valence-corrected chi connectivity index (χ2v) is 14.0. The molecule has 0 aromatic carbocycles. The van der Waals surface area contributed by atoms with E-state index in [9.17, 15) is 48.2 Å². The Morgan fingerprint density at radius 2 is 1.87 bits per heavy atom. The quantitative estimate of drug-likeness (QED) is 0.0454. The Kier molecular flexibility index (Phi) is 12.7. The van der Waals surface area contributed by atoms with Gasteiger partial charge in [0.05, 0.1) is 19.0 Å². The van der Waals surface area contributed by atoms with Gasteiger partial charge in [0.25, 0.3) is 23.5 Å². The van der Waals surface area contributed by atoms with Crippen molar-refractivity contribution in [2.45, 2.75) is 43.6 Å². The number of hydrogen-bond donors (Lipinski definition) is 8. The molecule has 24 nitrogen and oxygen atoms in total. The van der Waals surface area contributed by atoms with Gasteiger partial charge in [-0.2, -0.15) is 0 Å². The number of aromatic nitrogens is 4. The zero-order valence-electron chi connectivity index (χ0n) is 23.3. The van der Waals surface area contributed by atoms with Gasteiger partial charge >= 0.3 is 0 Å². The fraction of sp³-hybridized carbons (Fsp3) is 0.611. The van der Waals surface area contributed by atoms with E-state index in [1.807, 2.05) is 0 Å². The Morgan fingerprint density at radius 3 is 2.50 bits per heavy atom. The molecular formula is C18H28N8O16P3S-3. The van der Waals surface area contributed by atoms with Gasteiger partial charge in [0, 0.05) is 13.1 Å². The van der Waals surface area contributed by atoms with Crippen LogP contribution in [0.15, 0.2) is 6.33 Å². The Bertz CT molecular complexity index is 1620. The van der Waals surface area contributed by atoms with Gasteiger partial charge in [-0.15, -0.1) is 0 Å². The van der Waals surface area contributed by atoms with Gasteiger partial charge in [0.2, 0.25) is 11.8 Å². The number of imidazole rings is 1. The van der Waals surface area contributed by atoms with Gasteiger partial charge in [-0.3, -0.25) is 27.9 Å². The number of nitrogens with one attached hydrogen (secondary N) is 3. The molecule has 3 rings (SSSR count). The number of amides is 2. The van der Waals surface area contributed by atoms with Crippen LogP contribution >= 0.6 is 35.7 Å². The number of anilines is 1. The molecule has 0 bridgehead atoms. The Balaban J connectivity index is 1.72. The summed E-state index contributed by atoms with van der Waals surface area (Å²) in [6.45, 7) is -0.718. The summed E-state index contributed by atoms with van der Waals surface area (Å²) < 4.78 is 57.8. The molecular weight excluding hydrogens is 709 g/mol. The second-order valence-electron chi connectivity index (χ2n) is 9.34. The Labute approximate surface area is 262 Å². The summed E-state index contributed by atoms with van der Waals surface area (Å²) in [5.41, 5.74) is 11.5. The molecule has 1 saturated heterocycles. The molecule has 1 fully saturated rings. The van der Waals surface area contributed by atoms with Crippen molar-refractivity contribution in [1.29, 1.82) is 0 Å². The standard InChI is InChI=1S/C18H31N8O16P3S/c1-7(27)10(19)15(30)22-3-2-21-9(28)5-38-13-12(29)8(4-39-44(34,35)42-45(36,37)41-43(31,32)33)40-17(13)26-6-23-11-14(26)24-18(20)25-16(11)46/h6-8,10,12-13,17,27,29H,2-5,19H2,1H3,(H,21,28)(H,22,30)(H,34,35)(H,36,37)(H2,31,32,33)(H3,20,24,25,46)/p-3/t7?,8-,10?,12?,13+,17-/m1/s1. The average Bonchev–Trinajstić information content (AvgIpc) is 3.46. The SMILES string of the molecule is CC(O)C(N)C(=O)NCCNC(=O)CO[C@H]1C(O)[C@@H](COP(=O)([O-])OP(=O)([O-])OP(=O)([O-])O)O[C@H]1n1cnc2c(=S)nc(N)[nH]c21. The fourth-order valence-electron chi connectivity index (χ4n) is 3.81. The first kappa shape index (κ1) is 38.2. The van der Waals surface area contributed by atoms with Gasteiger partial charge in [-0.1, -0.05) is 12.2 Å². The topological polar surface area (TPSA) is 384 Å². The van der Waals surface area contributed by atoms with Crippen molar-refractivity contribution in [2.75, 3.05) is 32.0 Å². The summed E-state index contributed by atoms with van der Waals surface area (Å²) in [6, 6.07) is -1.19. The lowest BCUT2D eigenvalue weighted by Gasteiger charge is -2.33. The van der Waals surface area contributed by atoms with Crippen LogP contribution in [0.4, 0.5) is 5.95 Å². The molecule has 260 valence electrons. The molecule has 0 radical (unpaired) electrons. The van der Waals surface area contributed by atoms with Crippen LogP contribution in [-0.4, -0.2) is 103 Å². The van der Waals surface area contributed by atoms with E-state index >= 15 is 0 Å². The van der Waals surface area contributed by atoms with Crippen LogP contribution in [0.1, 0.15) is 13.2 Å². The highest BCUT2D eigenvalue weighted by Crippen LogP contribution is 2.61. The van der Waals surface area contributed by atoms with E-state index in [-0.39, 0.29) is 34.8 Å². The van der Waals surface area contributed by atoms with Gasteiger partial charge in [-0.05, 0) is 6.92 Å². The first-order valence-corrected chi connectivity index (χ1v) is 17.4. The molecule has 0 aliphatic carbocycles. The summed E-state index contributed by atoms with van der Waals surface area (Å²) in [7, 11) is -18.1. The zero-order chi connectivity index (χ0) is 34.6. The van der Waals surface area contributed by atoms with Crippen LogP contribution in [0.2, 0.25) is 0 Å². The number of H-pyrrole nitrogens is 1. The summed E-state index contributed by atoms with van der Waals surface area (Å²) in [4.78, 5) is 77.5. The molecule has 3 heterocycles.